The third-order valence-electron chi connectivity index (χ3n) is 3.96. The highest BCUT2D eigenvalue weighted by molar-refractivity contribution is 5.23. The van der Waals surface area contributed by atoms with Crippen molar-refractivity contribution in [2.24, 2.45) is 7.05 Å². The number of aromatic nitrogens is 2. The maximum Gasteiger partial charge on any atom is 0.0722 e. The number of nitrogens with zero attached hydrogens (tertiary/aromatic N) is 3. The second-order valence-corrected chi connectivity index (χ2v) is 7.01. The van der Waals surface area contributed by atoms with E-state index in [2.05, 4.69) is 42.3 Å². The minimum absolute atomic E-state index is 0.119. The normalized spacial score (nSPS) is 17.0. The largest absolute Gasteiger partial charge is 0.312 e. The molecule has 4 nitrogen and oxygen atoms in total. The zero-order chi connectivity index (χ0) is 14.6. The molecule has 1 fully saturated rings. The molecule has 2 rings (SSSR count). The predicted octanol–water partition coefficient (Wildman–Crippen LogP) is 2.29. The molecule has 1 aliphatic rings. The fraction of sp³-hybridized carbons (Fsp3) is 0.812. The van der Waals surface area contributed by atoms with Crippen LogP contribution in [-0.4, -0.2) is 40.9 Å². The molecule has 2 heterocycles. The number of nitrogens with one attached hydrogen (secondary N) is 1. The molecule has 0 unspecified atom stereocenters. The van der Waals surface area contributed by atoms with Gasteiger partial charge in [0.05, 0.1) is 5.69 Å². The number of aryl methyl sites for hydroxylation is 1. The van der Waals surface area contributed by atoms with E-state index in [9.17, 15) is 0 Å². The summed E-state index contributed by atoms with van der Waals surface area (Å²) in [5.74, 6) is 0. The molecule has 0 aliphatic carbocycles. The molecule has 0 aromatic carbocycles. The lowest BCUT2D eigenvalue weighted by atomic mass is 9.89. The number of hydrogen-bond acceptors (Lipinski definition) is 3. The molecule has 114 valence electrons. The maximum atomic E-state index is 4.61. The van der Waals surface area contributed by atoms with Crippen LogP contribution in [0.4, 0.5) is 0 Å². The van der Waals surface area contributed by atoms with Gasteiger partial charge in [-0.2, -0.15) is 5.10 Å². The average molecular weight is 278 g/mol. The van der Waals surface area contributed by atoms with E-state index >= 15 is 0 Å². The Hall–Kier alpha value is -0.870. The van der Waals surface area contributed by atoms with Crippen LogP contribution in [0.15, 0.2) is 6.20 Å². The monoisotopic (exact) mass is 278 g/mol. The lowest BCUT2D eigenvalue weighted by Gasteiger charge is -2.18. The summed E-state index contributed by atoms with van der Waals surface area (Å²) in [5.41, 5.74) is 2.67. The average Bonchev–Trinajstić information content (AvgIpc) is 2.97. The number of hydrogen-bond donors (Lipinski definition) is 1. The fourth-order valence-corrected chi connectivity index (χ4v) is 2.96. The predicted molar refractivity (Wildman–Crippen MR) is 83.9 cm³/mol. The van der Waals surface area contributed by atoms with Crippen molar-refractivity contribution in [1.82, 2.24) is 20.0 Å². The molecule has 4 heteroatoms. The van der Waals surface area contributed by atoms with Crippen molar-refractivity contribution in [2.45, 2.75) is 52.0 Å². The van der Waals surface area contributed by atoms with Gasteiger partial charge < -0.3 is 10.2 Å². The van der Waals surface area contributed by atoms with Crippen LogP contribution in [0.5, 0.6) is 0 Å². The Balaban J connectivity index is 1.73. The molecule has 1 aromatic heterocycles. The van der Waals surface area contributed by atoms with E-state index in [1.807, 2.05) is 11.7 Å². The van der Waals surface area contributed by atoms with Crippen molar-refractivity contribution >= 4 is 0 Å². The minimum atomic E-state index is 0.119. The van der Waals surface area contributed by atoms with Crippen LogP contribution in [0.25, 0.3) is 0 Å². The van der Waals surface area contributed by atoms with Crippen molar-refractivity contribution in [3.8, 4) is 0 Å². The summed E-state index contributed by atoms with van der Waals surface area (Å²) in [5, 5.41) is 8.18. The topological polar surface area (TPSA) is 33.1 Å². The van der Waals surface area contributed by atoms with Gasteiger partial charge >= 0.3 is 0 Å². The van der Waals surface area contributed by atoms with Crippen molar-refractivity contribution < 1.29 is 0 Å². The first-order valence-electron chi connectivity index (χ1n) is 7.93. The van der Waals surface area contributed by atoms with E-state index in [-0.39, 0.29) is 5.41 Å². The molecule has 1 aromatic rings. The zero-order valence-corrected chi connectivity index (χ0v) is 13.6. The van der Waals surface area contributed by atoms with Crippen LogP contribution < -0.4 is 5.32 Å². The molecule has 0 amide bonds. The summed E-state index contributed by atoms with van der Waals surface area (Å²) in [4.78, 5) is 2.58. The summed E-state index contributed by atoms with van der Waals surface area (Å²) < 4.78 is 1.93. The van der Waals surface area contributed by atoms with Crippen LogP contribution in [0, 0.1) is 0 Å². The quantitative estimate of drug-likeness (QED) is 0.811. The van der Waals surface area contributed by atoms with E-state index in [1.165, 1.54) is 50.2 Å². The fourth-order valence-electron chi connectivity index (χ4n) is 2.96. The van der Waals surface area contributed by atoms with Gasteiger partial charge in [-0.25, -0.2) is 0 Å². The molecule has 0 atom stereocenters. The second-order valence-electron chi connectivity index (χ2n) is 7.01. The molecule has 20 heavy (non-hydrogen) atoms. The van der Waals surface area contributed by atoms with Crippen LogP contribution in [0.1, 0.15) is 51.3 Å². The highest BCUT2D eigenvalue weighted by Crippen LogP contribution is 2.23. The van der Waals surface area contributed by atoms with Gasteiger partial charge in [0.2, 0.25) is 0 Å². The van der Waals surface area contributed by atoms with Gasteiger partial charge in [-0.15, -0.1) is 0 Å². The van der Waals surface area contributed by atoms with Crippen LogP contribution in [-0.2, 0) is 19.0 Å². The van der Waals surface area contributed by atoms with Crippen molar-refractivity contribution in [1.29, 1.82) is 0 Å². The van der Waals surface area contributed by atoms with E-state index in [0.717, 1.165) is 13.1 Å². The zero-order valence-electron chi connectivity index (χ0n) is 13.6. The lowest BCUT2D eigenvalue weighted by Crippen LogP contribution is -2.25. The highest BCUT2D eigenvalue weighted by atomic mass is 15.3. The molecule has 1 saturated heterocycles. The van der Waals surface area contributed by atoms with Gasteiger partial charge in [0.15, 0.2) is 0 Å². The van der Waals surface area contributed by atoms with Gasteiger partial charge in [-0.05, 0) is 45.4 Å². The van der Waals surface area contributed by atoms with E-state index < -0.39 is 0 Å². The number of likely N-dealkylation sites (tertiary alicyclic amines) is 1. The molecular formula is C16H30N4. The second kappa shape index (κ2) is 6.72. The first kappa shape index (κ1) is 15.5. The van der Waals surface area contributed by atoms with Crippen molar-refractivity contribution in [3.05, 3.63) is 17.5 Å². The Morgan fingerprint density at radius 3 is 2.60 bits per heavy atom. The van der Waals surface area contributed by atoms with Crippen molar-refractivity contribution in [2.75, 3.05) is 26.2 Å². The Labute approximate surface area is 123 Å². The number of rotatable bonds is 6. The standard InChI is InChI=1S/C16H30N4/c1-16(2,3)15-14(13-19(4)18-15)12-17-8-7-11-20-9-5-6-10-20/h13,17H,5-12H2,1-4H3. The third kappa shape index (κ3) is 4.32. The Morgan fingerprint density at radius 1 is 1.25 bits per heavy atom. The van der Waals surface area contributed by atoms with Crippen LogP contribution in [0.2, 0.25) is 0 Å². The van der Waals surface area contributed by atoms with Crippen LogP contribution in [0.3, 0.4) is 0 Å². The first-order chi connectivity index (χ1) is 9.47. The smallest absolute Gasteiger partial charge is 0.0722 e. The molecule has 1 aliphatic heterocycles. The van der Waals surface area contributed by atoms with Gasteiger partial charge in [0.25, 0.3) is 0 Å². The van der Waals surface area contributed by atoms with E-state index in [4.69, 9.17) is 0 Å². The maximum absolute atomic E-state index is 4.61. The molecular weight excluding hydrogens is 248 g/mol. The summed E-state index contributed by atoms with van der Waals surface area (Å²) in [6.07, 6.45) is 6.16. The van der Waals surface area contributed by atoms with Crippen molar-refractivity contribution in [3.63, 3.8) is 0 Å². The molecule has 0 radical (unpaired) electrons. The molecule has 1 N–H and O–H groups in total. The van der Waals surface area contributed by atoms with E-state index in [1.54, 1.807) is 0 Å². The molecule has 0 spiro atoms. The Kier molecular flexibility index (Phi) is 5.22. The third-order valence-corrected chi connectivity index (χ3v) is 3.96. The Morgan fingerprint density at radius 2 is 1.95 bits per heavy atom. The highest BCUT2D eigenvalue weighted by Gasteiger charge is 2.21. The summed E-state index contributed by atoms with van der Waals surface area (Å²) >= 11 is 0. The molecule has 0 bridgehead atoms. The van der Waals surface area contributed by atoms with Gasteiger partial charge in [0, 0.05) is 30.8 Å². The summed E-state index contributed by atoms with van der Waals surface area (Å²) in [6, 6.07) is 0. The van der Waals surface area contributed by atoms with Gasteiger partial charge in [-0.1, -0.05) is 20.8 Å². The summed E-state index contributed by atoms with van der Waals surface area (Å²) in [6.45, 7) is 12.6. The summed E-state index contributed by atoms with van der Waals surface area (Å²) in [7, 11) is 2.01. The van der Waals surface area contributed by atoms with Gasteiger partial charge in [-0.3, -0.25) is 4.68 Å². The SMILES string of the molecule is Cn1cc(CNCCCN2CCCC2)c(C(C)(C)C)n1. The lowest BCUT2D eigenvalue weighted by molar-refractivity contribution is 0.331. The van der Waals surface area contributed by atoms with E-state index in [0.29, 0.717) is 0 Å². The first-order valence-corrected chi connectivity index (χ1v) is 7.93. The van der Waals surface area contributed by atoms with Gasteiger partial charge in [0.1, 0.15) is 0 Å². The Bertz CT molecular complexity index is 411. The van der Waals surface area contributed by atoms with Crippen LogP contribution >= 0.6 is 0 Å². The molecule has 0 saturated carbocycles. The minimum Gasteiger partial charge on any atom is -0.312 e.